The van der Waals surface area contributed by atoms with Crippen LogP contribution >= 0.6 is 11.6 Å². The van der Waals surface area contributed by atoms with Crippen molar-refractivity contribution < 1.29 is 9.18 Å². The summed E-state index contributed by atoms with van der Waals surface area (Å²) in [6.45, 7) is 1.88. The van der Waals surface area contributed by atoms with Crippen LogP contribution in [0, 0.1) is 12.7 Å². The number of rotatable bonds is 4. The Balaban J connectivity index is 1.88. The second-order valence-electron chi connectivity index (χ2n) is 5.70. The Morgan fingerprint density at radius 3 is 2.48 bits per heavy atom. The van der Waals surface area contributed by atoms with Crippen LogP contribution in [0.2, 0.25) is 5.02 Å². The molecule has 0 saturated heterocycles. The Morgan fingerprint density at radius 2 is 1.80 bits per heavy atom. The van der Waals surface area contributed by atoms with E-state index in [1.807, 2.05) is 25.1 Å². The van der Waals surface area contributed by atoms with Gasteiger partial charge in [-0.15, -0.1) is 0 Å². The maximum atomic E-state index is 13.1. The highest BCUT2D eigenvalue weighted by Gasteiger charge is 2.15. The second kappa shape index (κ2) is 6.95. The van der Waals surface area contributed by atoms with Gasteiger partial charge in [-0.05, 0) is 48.9 Å². The predicted octanol–water partition coefficient (Wildman–Crippen LogP) is 5.34. The Kier molecular flexibility index (Phi) is 4.72. The van der Waals surface area contributed by atoms with Gasteiger partial charge in [0.25, 0.3) is 0 Å². The summed E-state index contributed by atoms with van der Waals surface area (Å²) in [5, 5.41) is 3.40. The summed E-state index contributed by atoms with van der Waals surface area (Å²) in [6.07, 6.45) is 0. The van der Waals surface area contributed by atoms with Crippen molar-refractivity contribution in [3.63, 3.8) is 0 Å². The normalized spacial score (nSPS) is 10.5. The van der Waals surface area contributed by atoms with Crippen molar-refractivity contribution in [2.45, 2.75) is 6.92 Å². The van der Waals surface area contributed by atoms with E-state index >= 15 is 0 Å². The van der Waals surface area contributed by atoms with Gasteiger partial charge in [0.2, 0.25) is 0 Å². The molecule has 0 aliphatic carbocycles. The minimum atomic E-state index is -0.403. The Bertz CT molecular complexity index is 956. The Hall–Kier alpha value is -2.85. The monoisotopic (exact) mass is 354 g/mol. The number of benzene rings is 3. The zero-order valence-corrected chi connectivity index (χ0v) is 14.3. The molecule has 25 heavy (non-hydrogen) atoms. The fourth-order valence-corrected chi connectivity index (χ4v) is 2.82. The highest BCUT2D eigenvalue weighted by atomic mass is 35.5. The molecular formula is C20H16ClFN2O. The summed E-state index contributed by atoms with van der Waals surface area (Å²) in [7, 11) is 0. The van der Waals surface area contributed by atoms with E-state index in [9.17, 15) is 9.18 Å². The van der Waals surface area contributed by atoms with E-state index in [-0.39, 0.29) is 11.5 Å². The van der Waals surface area contributed by atoms with Crippen molar-refractivity contribution in [1.82, 2.24) is 0 Å². The average molecular weight is 355 g/mol. The maximum absolute atomic E-state index is 13.1. The van der Waals surface area contributed by atoms with Crippen molar-refractivity contribution in [3.05, 3.63) is 88.2 Å². The van der Waals surface area contributed by atoms with Gasteiger partial charge >= 0.3 is 0 Å². The van der Waals surface area contributed by atoms with Gasteiger partial charge in [0, 0.05) is 16.8 Å². The van der Waals surface area contributed by atoms with E-state index in [1.54, 1.807) is 30.3 Å². The SMILES string of the molecule is Cc1ccccc1C(=O)c1ccc(Nc2ccc(F)cc2N)cc1Cl. The molecule has 0 saturated carbocycles. The van der Waals surface area contributed by atoms with Crippen molar-refractivity contribution in [1.29, 1.82) is 0 Å². The molecule has 0 heterocycles. The number of hydrogen-bond acceptors (Lipinski definition) is 3. The number of hydrogen-bond donors (Lipinski definition) is 2. The number of anilines is 3. The zero-order valence-electron chi connectivity index (χ0n) is 13.5. The smallest absolute Gasteiger partial charge is 0.194 e. The summed E-state index contributed by atoms with van der Waals surface area (Å²) < 4.78 is 13.1. The molecule has 0 fully saturated rings. The number of carbonyl (C=O) groups is 1. The molecule has 0 amide bonds. The van der Waals surface area contributed by atoms with E-state index in [2.05, 4.69) is 5.32 Å². The lowest BCUT2D eigenvalue weighted by atomic mass is 9.99. The summed E-state index contributed by atoms with van der Waals surface area (Å²) >= 11 is 6.31. The van der Waals surface area contributed by atoms with Crippen molar-refractivity contribution >= 4 is 34.4 Å². The third-order valence-corrected chi connectivity index (χ3v) is 4.21. The van der Waals surface area contributed by atoms with Crippen LogP contribution in [0.25, 0.3) is 0 Å². The van der Waals surface area contributed by atoms with Crippen LogP contribution in [-0.2, 0) is 0 Å². The van der Waals surface area contributed by atoms with Crippen LogP contribution in [-0.4, -0.2) is 5.78 Å². The van der Waals surface area contributed by atoms with Crippen LogP contribution in [0.4, 0.5) is 21.5 Å². The number of ketones is 1. The van der Waals surface area contributed by atoms with Gasteiger partial charge in [-0.3, -0.25) is 4.79 Å². The summed E-state index contributed by atoms with van der Waals surface area (Å²) in [4.78, 5) is 12.7. The number of aryl methyl sites for hydroxylation is 1. The van der Waals surface area contributed by atoms with E-state index in [1.165, 1.54) is 12.1 Å². The first-order chi connectivity index (χ1) is 12.0. The van der Waals surface area contributed by atoms with Gasteiger partial charge in [-0.1, -0.05) is 35.9 Å². The number of nitrogens with two attached hydrogens (primary N) is 1. The number of nitrogens with one attached hydrogen (secondary N) is 1. The van der Waals surface area contributed by atoms with Crippen molar-refractivity contribution in [3.8, 4) is 0 Å². The van der Waals surface area contributed by atoms with Crippen LogP contribution < -0.4 is 11.1 Å². The lowest BCUT2D eigenvalue weighted by Gasteiger charge is -2.12. The van der Waals surface area contributed by atoms with Crippen LogP contribution in [0.5, 0.6) is 0 Å². The van der Waals surface area contributed by atoms with Crippen molar-refractivity contribution in [2.75, 3.05) is 11.1 Å². The second-order valence-corrected chi connectivity index (χ2v) is 6.10. The molecule has 5 heteroatoms. The molecule has 3 N–H and O–H groups in total. The standard InChI is InChI=1S/C20H16ClFN2O/c1-12-4-2-3-5-15(12)20(25)16-8-7-14(11-17(16)21)24-19-9-6-13(22)10-18(19)23/h2-11,24H,23H2,1H3. The first kappa shape index (κ1) is 17.0. The maximum Gasteiger partial charge on any atom is 0.194 e. The van der Waals surface area contributed by atoms with Gasteiger partial charge < -0.3 is 11.1 Å². The summed E-state index contributed by atoms with van der Waals surface area (Å²) in [5.41, 5.74) is 9.24. The molecule has 0 aliphatic rings. The number of carbonyl (C=O) groups excluding carboxylic acids is 1. The number of halogens is 2. The van der Waals surface area contributed by atoms with Gasteiger partial charge in [-0.25, -0.2) is 4.39 Å². The molecule has 3 aromatic carbocycles. The Morgan fingerprint density at radius 1 is 1.04 bits per heavy atom. The Labute approximate surface area is 150 Å². The predicted molar refractivity (Wildman–Crippen MR) is 100 cm³/mol. The lowest BCUT2D eigenvalue weighted by molar-refractivity contribution is 0.103. The number of nitrogen functional groups attached to an aromatic ring is 1. The highest BCUT2D eigenvalue weighted by Crippen LogP contribution is 2.28. The van der Waals surface area contributed by atoms with Gasteiger partial charge in [-0.2, -0.15) is 0 Å². The topological polar surface area (TPSA) is 55.1 Å². The van der Waals surface area contributed by atoms with E-state index < -0.39 is 5.82 Å². The third-order valence-electron chi connectivity index (χ3n) is 3.90. The molecule has 0 atom stereocenters. The molecule has 126 valence electrons. The van der Waals surface area contributed by atoms with E-state index in [4.69, 9.17) is 17.3 Å². The first-order valence-corrected chi connectivity index (χ1v) is 8.05. The molecule has 3 nitrogen and oxygen atoms in total. The fourth-order valence-electron chi connectivity index (χ4n) is 2.55. The van der Waals surface area contributed by atoms with Crippen LogP contribution in [0.1, 0.15) is 21.5 Å². The summed E-state index contributed by atoms with van der Waals surface area (Å²) in [6, 6.07) is 16.5. The molecule has 3 aromatic rings. The van der Waals surface area contributed by atoms with Gasteiger partial charge in [0.15, 0.2) is 5.78 Å². The first-order valence-electron chi connectivity index (χ1n) is 7.67. The quantitative estimate of drug-likeness (QED) is 0.491. The van der Waals surface area contributed by atoms with E-state index in [0.717, 1.165) is 5.56 Å². The fraction of sp³-hybridized carbons (Fsp3) is 0.0500. The molecular weight excluding hydrogens is 339 g/mol. The van der Waals surface area contributed by atoms with Gasteiger partial charge in [0.05, 0.1) is 16.4 Å². The largest absolute Gasteiger partial charge is 0.397 e. The molecule has 0 aliphatic heterocycles. The molecule has 0 unspecified atom stereocenters. The lowest BCUT2D eigenvalue weighted by Crippen LogP contribution is -2.05. The van der Waals surface area contributed by atoms with Crippen LogP contribution in [0.3, 0.4) is 0 Å². The van der Waals surface area contributed by atoms with E-state index in [0.29, 0.717) is 27.5 Å². The third kappa shape index (κ3) is 3.64. The molecule has 0 spiro atoms. The molecule has 0 radical (unpaired) electrons. The van der Waals surface area contributed by atoms with Crippen LogP contribution in [0.15, 0.2) is 60.7 Å². The molecule has 3 rings (SSSR count). The average Bonchev–Trinajstić information content (AvgIpc) is 2.57. The minimum absolute atomic E-state index is 0.129. The van der Waals surface area contributed by atoms with Gasteiger partial charge in [0.1, 0.15) is 5.82 Å². The molecule has 0 bridgehead atoms. The molecule has 0 aromatic heterocycles. The zero-order chi connectivity index (χ0) is 18.0. The minimum Gasteiger partial charge on any atom is -0.397 e. The van der Waals surface area contributed by atoms with Crippen molar-refractivity contribution in [2.24, 2.45) is 0 Å². The summed E-state index contributed by atoms with van der Waals surface area (Å²) in [5.74, 6) is -0.531. The highest BCUT2D eigenvalue weighted by molar-refractivity contribution is 6.35.